The molecule has 2 heterocycles. The number of hydrogen-bond acceptors (Lipinski definition) is 3. The molecule has 0 aromatic heterocycles. The lowest BCUT2D eigenvalue weighted by atomic mass is 9.78. The van der Waals surface area contributed by atoms with Crippen molar-refractivity contribution in [3.8, 4) is 0 Å². The highest BCUT2D eigenvalue weighted by molar-refractivity contribution is 14.1. The Hall–Kier alpha value is -1.15. The highest BCUT2D eigenvalue weighted by Crippen LogP contribution is 2.44. The van der Waals surface area contributed by atoms with Crippen LogP contribution in [-0.2, 0) is 14.3 Å². The van der Waals surface area contributed by atoms with Crippen molar-refractivity contribution in [3.63, 3.8) is 0 Å². The Morgan fingerprint density at radius 2 is 1.85 bits per heavy atom. The van der Waals surface area contributed by atoms with Crippen molar-refractivity contribution >= 4 is 40.2 Å². The average Bonchev–Trinajstić information content (AvgIpc) is 3.01. The number of aliphatic carboxylic acids is 1. The van der Waals surface area contributed by atoms with Crippen molar-refractivity contribution in [2.75, 3.05) is 5.32 Å². The van der Waals surface area contributed by atoms with E-state index in [-0.39, 0.29) is 18.1 Å². The normalized spacial score (nSPS) is 31.2. The van der Waals surface area contributed by atoms with E-state index >= 15 is 0 Å². The van der Waals surface area contributed by atoms with Gasteiger partial charge in [-0.3, -0.25) is 9.59 Å². The molecule has 2 aliphatic heterocycles. The van der Waals surface area contributed by atoms with E-state index in [0.29, 0.717) is 5.69 Å². The van der Waals surface area contributed by atoms with E-state index in [1.54, 1.807) is 0 Å². The summed E-state index contributed by atoms with van der Waals surface area (Å²) in [6.45, 7) is 0. The third-order valence-corrected chi connectivity index (χ3v) is 4.93. The maximum atomic E-state index is 12.4. The van der Waals surface area contributed by atoms with Crippen molar-refractivity contribution in [3.05, 3.63) is 27.8 Å². The fourth-order valence-corrected chi connectivity index (χ4v) is 3.63. The second kappa shape index (κ2) is 5.33. The molecule has 4 atom stereocenters. The summed E-state index contributed by atoms with van der Waals surface area (Å²) in [4.78, 5) is 23.8. The number of halogens is 1. The van der Waals surface area contributed by atoms with Crippen molar-refractivity contribution in [2.24, 2.45) is 11.8 Å². The lowest BCUT2D eigenvalue weighted by molar-refractivity contribution is -0.147. The fourth-order valence-electron chi connectivity index (χ4n) is 3.10. The summed E-state index contributed by atoms with van der Waals surface area (Å²) in [5.41, 5.74) is 0.713. The van der Waals surface area contributed by atoms with E-state index in [4.69, 9.17) is 4.74 Å². The number of hydrogen-bond donors (Lipinski definition) is 2. The molecule has 0 radical (unpaired) electrons. The number of carbonyl (C=O) groups excluding carboxylic acids is 1. The number of carboxylic acid groups (broad SMARTS) is 1. The van der Waals surface area contributed by atoms with Crippen LogP contribution in [0, 0.1) is 15.4 Å². The topological polar surface area (TPSA) is 75.6 Å². The van der Waals surface area contributed by atoms with Crippen LogP contribution in [0.15, 0.2) is 24.3 Å². The van der Waals surface area contributed by atoms with Crippen LogP contribution in [0.5, 0.6) is 0 Å². The monoisotopic (exact) mass is 387 g/mol. The van der Waals surface area contributed by atoms with Gasteiger partial charge in [0.05, 0.1) is 29.7 Å². The quantitative estimate of drug-likeness (QED) is 0.780. The second-order valence-corrected chi connectivity index (χ2v) is 6.31. The first kappa shape index (κ1) is 13.8. The minimum absolute atomic E-state index is 0.256. The lowest BCUT2D eigenvalue weighted by Crippen LogP contribution is -2.41. The van der Waals surface area contributed by atoms with Gasteiger partial charge in [-0.25, -0.2) is 0 Å². The van der Waals surface area contributed by atoms with Crippen LogP contribution in [0.2, 0.25) is 0 Å². The van der Waals surface area contributed by atoms with Gasteiger partial charge in [-0.15, -0.1) is 0 Å². The molecule has 0 spiro atoms. The van der Waals surface area contributed by atoms with E-state index < -0.39 is 17.8 Å². The summed E-state index contributed by atoms with van der Waals surface area (Å²) in [5, 5.41) is 12.1. The van der Waals surface area contributed by atoms with Crippen LogP contribution in [0.4, 0.5) is 5.69 Å². The molecule has 1 aromatic rings. The number of benzene rings is 1. The first-order chi connectivity index (χ1) is 9.58. The average molecular weight is 387 g/mol. The van der Waals surface area contributed by atoms with Crippen molar-refractivity contribution in [2.45, 2.75) is 25.0 Å². The van der Waals surface area contributed by atoms with E-state index in [1.165, 1.54) is 0 Å². The molecule has 20 heavy (non-hydrogen) atoms. The molecule has 0 aliphatic carbocycles. The first-order valence-corrected chi connectivity index (χ1v) is 7.59. The van der Waals surface area contributed by atoms with Gasteiger partial charge in [-0.05, 0) is 47.6 Å². The Labute approximate surface area is 129 Å². The Morgan fingerprint density at radius 3 is 2.50 bits per heavy atom. The van der Waals surface area contributed by atoms with Crippen LogP contribution >= 0.6 is 22.6 Å². The standard InChI is InChI=1S/C14H14INO4/c15-7-3-1-2-4-8(7)16-13(17)11-9-5-6-10(20-9)12(11)14(18)19/h1-4,9-12H,5-6H2,(H,16,17)(H,18,19)/t9-,10+,11-,12-/m0/s1. The fraction of sp³-hybridized carbons (Fsp3) is 0.429. The Bertz CT molecular complexity index is 562. The van der Waals surface area contributed by atoms with Gasteiger partial charge in [0, 0.05) is 3.57 Å². The van der Waals surface area contributed by atoms with Gasteiger partial charge < -0.3 is 15.2 Å². The van der Waals surface area contributed by atoms with Crippen LogP contribution in [0.1, 0.15) is 12.8 Å². The van der Waals surface area contributed by atoms with E-state index in [0.717, 1.165) is 16.4 Å². The summed E-state index contributed by atoms with van der Waals surface area (Å²) in [6, 6.07) is 7.42. The molecule has 1 aromatic carbocycles. The Balaban J connectivity index is 1.80. The zero-order chi connectivity index (χ0) is 14.3. The zero-order valence-corrected chi connectivity index (χ0v) is 12.7. The number of para-hydroxylation sites is 1. The van der Waals surface area contributed by atoms with Crippen LogP contribution in [0.25, 0.3) is 0 Å². The number of carboxylic acids is 1. The Morgan fingerprint density at radius 1 is 1.20 bits per heavy atom. The minimum Gasteiger partial charge on any atom is -0.481 e. The smallest absolute Gasteiger partial charge is 0.310 e. The number of rotatable bonds is 3. The predicted octanol–water partition coefficient (Wildman–Crippen LogP) is 2.11. The maximum absolute atomic E-state index is 12.4. The first-order valence-electron chi connectivity index (χ1n) is 6.51. The van der Waals surface area contributed by atoms with E-state index in [9.17, 15) is 14.7 Å². The Kier molecular flexibility index (Phi) is 3.68. The van der Waals surface area contributed by atoms with Gasteiger partial charge >= 0.3 is 5.97 Å². The minimum atomic E-state index is -0.944. The molecule has 2 aliphatic rings. The predicted molar refractivity (Wildman–Crippen MR) is 80.3 cm³/mol. The molecule has 0 saturated carbocycles. The SMILES string of the molecule is O=C(Nc1ccccc1I)[C@@H]1[C@@H](C(=O)O)[C@H]2CC[C@@H]1O2. The largest absolute Gasteiger partial charge is 0.481 e. The van der Waals surface area contributed by atoms with Crippen molar-refractivity contribution in [1.29, 1.82) is 0 Å². The molecule has 2 N–H and O–H groups in total. The van der Waals surface area contributed by atoms with Gasteiger partial charge in [0.25, 0.3) is 0 Å². The molecular weight excluding hydrogens is 373 g/mol. The number of ether oxygens (including phenoxy) is 1. The molecular formula is C14H14INO4. The molecule has 2 bridgehead atoms. The summed E-state index contributed by atoms with van der Waals surface area (Å²) in [7, 11) is 0. The van der Waals surface area contributed by atoms with Crippen LogP contribution in [-0.4, -0.2) is 29.2 Å². The maximum Gasteiger partial charge on any atom is 0.310 e. The van der Waals surface area contributed by atoms with Crippen LogP contribution in [0.3, 0.4) is 0 Å². The second-order valence-electron chi connectivity index (χ2n) is 5.15. The summed E-state index contributed by atoms with van der Waals surface area (Å²) < 4.78 is 6.53. The molecule has 2 fully saturated rings. The molecule has 106 valence electrons. The number of amides is 1. The van der Waals surface area contributed by atoms with Crippen molar-refractivity contribution in [1.82, 2.24) is 0 Å². The third-order valence-electron chi connectivity index (χ3n) is 3.99. The van der Waals surface area contributed by atoms with E-state index in [2.05, 4.69) is 27.9 Å². The summed E-state index contributed by atoms with van der Waals surface area (Å²) >= 11 is 2.14. The zero-order valence-electron chi connectivity index (χ0n) is 10.6. The number of fused-ring (bicyclic) bond motifs is 2. The lowest BCUT2D eigenvalue weighted by Gasteiger charge is -2.24. The van der Waals surface area contributed by atoms with Gasteiger partial charge in [-0.2, -0.15) is 0 Å². The molecule has 2 saturated heterocycles. The summed E-state index contributed by atoms with van der Waals surface area (Å²) in [5.74, 6) is -2.52. The van der Waals surface area contributed by atoms with Crippen LogP contribution < -0.4 is 5.32 Å². The molecule has 0 unspecified atom stereocenters. The van der Waals surface area contributed by atoms with Crippen molar-refractivity contribution < 1.29 is 19.4 Å². The third kappa shape index (κ3) is 2.31. The van der Waals surface area contributed by atoms with Gasteiger partial charge in [0.2, 0.25) is 5.91 Å². The summed E-state index contributed by atoms with van der Waals surface area (Å²) in [6.07, 6.45) is 0.915. The van der Waals surface area contributed by atoms with Gasteiger partial charge in [0.1, 0.15) is 0 Å². The van der Waals surface area contributed by atoms with E-state index in [1.807, 2.05) is 24.3 Å². The number of nitrogens with one attached hydrogen (secondary N) is 1. The highest BCUT2D eigenvalue weighted by Gasteiger charge is 2.55. The molecule has 1 amide bonds. The molecule has 5 nitrogen and oxygen atoms in total. The molecule has 6 heteroatoms. The van der Waals surface area contributed by atoms with Gasteiger partial charge in [-0.1, -0.05) is 12.1 Å². The number of anilines is 1. The van der Waals surface area contributed by atoms with Gasteiger partial charge in [0.15, 0.2) is 0 Å². The molecule has 3 rings (SSSR count). The number of carbonyl (C=O) groups is 2. The highest BCUT2D eigenvalue weighted by atomic mass is 127.